The highest BCUT2D eigenvalue weighted by Gasteiger charge is 2.35. The Morgan fingerprint density at radius 1 is 1.29 bits per heavy atom. The highest BCUT2D eigenvalue weighted by Crippen LogP contribution is 2.24. The Labute approximate surface area is 130 Å². The maximum atomic E-state index is 3.79. The van der Waals surface area contributed by atoms with Gasteiger partial charge in [-0.05, 0) is 44.2 Å². The maximum Gasteiger partial charge on any atom is 0.0303 e. The summed E-state index contributed by atoms with van der Waals surface area (Å²) < 4.78 is 0. The van der Waals surface area contributed by atoms with Gasteiger partial charge in [0.1, 0.15) is 0 Å². The van der Waals surface area contributed by atoms with Crippen molar-refractivity contribution in [1.82, 2.24) is 10.2 Å². The first-order valence-electron chi connectivity index (χ1n) is 8.56. The van der Waals surface area contributed by atoms with Crippen molar-refractivity contribution < 1.29 is 0 Å². The van der Waals surface area contributed by atoms with E-state index in [1.807, 2.05) is 0 Å². The number of piperazine rings is 1. The third-order valence-corrected chi connectivity index (χ3v) is 5.04. The third-order valence-electron chi connectivity index (χ3n) is 5.04. The van der Waals surface area contributed by atoms with Gasteiger partial charge in [-0.1, -0.05) is 51.1 Å². The quantitative estimate of drug-likeness (QED) is 0.858. The standard InChI is InChI=1S/C19H32N2/c1-5-19(4)15-20-18(13-17-9-7-6-8-10-17)14-21(19)12-11-16(2)3/h6-10,16,18,20H,5,11-15H2,1-4H3. The van der Waals surface area contributed by atoms with Crippen molar-refractivity contribution >= 4 is 0 Å². The minimum atomic E-state index is 0.322. The Bertz CT molecular complexity index is 415. The van der Waals surface area contributed by atoms with E-state index in [0.29, 0.717) is 11.6 Å². The summed E-state index contributed by atoms with van der Waals surface area (Å²) in [6, 6.07) is 11.5. The van der Waals surface area contributed by atoms with Crippen LogP contribution in [0, 0.1) is 5.92 Å². The topological polar surface area (TPSA) is 15.3 Å². The molecule has 0 bridgehead atoms. The van der Waals surface area contributed by atoms with Crippen molar-refractivity contribution in [3.8, 4) is 0 Å². The molecule has 2 rings (SSSR count). The average molecular weight is 288 g/mol. The van der Waals surface area contributed by atoms with E-state index in [-0.39, 0.29) is 0 Å². The highest BCUT2D eigenvalue weighted by molar-refractivity contribution is 5.16. The fourth-order valence-electron chi connectivity index (χ4n) is 3.19. The van der Waals surface area contributed by atoms with E-state index in [1.54, 1.807) is 0 Å². The molecule has 118 valence electrons. The van der Waals surface area contributed by atoms with Crippen molar-refractivity contribution in [3.63, 3.8) is 0 Å². The van der Waals surface area contributed by atoms with E-state index < -0.39 is 0 Å². The zero-order valence-electron chi connectivity index (χ0n) is 14.2. The maximum absolute atomic E-state index is 3.79. The molecule has 0 radical (unpaired) electrons. The summed E-state index contributed by atoms with van der Waals surface area (Å²) in [4.78, 5) is 2.73. The molecule has 2 atom stereocenters. The predicted molar refractivity (Wildman–Crippen MR) is 91.7 cm³/mol. The number of nitrogens with one attached hydrogen (secondary N) is 1. The van der Waals surface area contributed by atoms with Crippen LogP contribution >= 0.6 is 0 Å². The molecule has 2 unspecified atom stereocenters. The van der Waals surface area contributed by atoms with Crippen LogP contribution < -0.4 is 5.32 Å². The summed E-state index contributed by atoms with van der Waals surface area (Å²) in [6.45, 7) is 12.9. The van der Waals surface area contributed by atoms with Crippen molar-refractivity contribution in [3.05, 3.63) is 35.9 Å². The summed E-state index contributed by atoms with van der Waals surface area (Å²) in [5.74, 6) is 0.786. The molecular weight excluding hydrogens is 256 g/mol. The zero-order chi connectivity index (χ0) is 15.3. The van der Waals surface area contributed by atoms with Crippen LogP contribution in [0.15, 0.2) is 30.3 Å². The van der Waals surface area contributed by atoms with Crippen molar-refractivity contribution in [1.29, 1.82) is 0 Å². The second-order valence-corrected chi connectivity index (χ2v) is 7.25. The number of benzene rings is 1. The van der Waals surface area contributed by atoms with Gasteiger partial charge in [-0.15, -0.1) is 0 Å². The molecule has 1 saturated heterocycles. The fraction of sp³-hybridized carbons (Fsp3) is 0.684. The van der Waals surface area contributed by atoms with Gasteiger partial charge < -0.3 is 5.32 Å². The SMILES string of the molecule is CCC1(C)CNC(Cc2ccccc2)CN1CCC(C)C. The lowest BCUT2D eigenvalue weighted by molar-refractivity contribution is 0.0450. The second kappa shape index (κ2) is 7.42. The van der Waals surface area contributed by atoms with Gasteiger partial charge in [0.25, 0.3) is 0 Å². The van der Waals surface area contributed by atoms with E-state index in [4.69, 9.17) is 0 Å². The molecule has 2 nitrogen and oxygen atoms in total. The van der Waals surface area contributed by atoms with Gasteiger partial charge in [-0.25, -0.2) is 0 Å². The Balaban J connectivity index is 1.98. The van der Waals surface area contributed by atoms with Crippen LogP contribution in [0.25, 0.3) is 0 Å². The minimum Gasteiger partial charge on any atom is -0.311 e. The van der Waals surface area contributed by atoms with Crippen LogP contribution in [0.1, 0.15) is 46.1 Å². The Morgan fingerprint density at radius 2 is 2.00 bits per heavy atom. The molecule has 0 amide bonds. The number of rotatable bonds is 6. The minimum absolute atomic E-state index is 0.322. The summed E-state index contributed by atoms with van der Waals surface area (Å²) >= 11 is 0. The van der Waals surface area contributed by atoms with E-state index in [9.17, 15) is 0 Å². The molecule has 1 N–H and O–H groups in total. The molecule has 0 aliphatic carbocycles. The van der Waals surface area contributed by atoms with Gasteiger partial charge in [-0.2, -0.15) is 0 Å². The molecule has 1 aromatic rings. The van der Waals surface area contributed by atoms with Gasteiger partial charge in [0, 0.05) is 24.7 Å². The van der Waals surface area contributed by atoms with Crippen molar-refractivity contribution in [2.24, 2.45) is 5.92 Å². The summed E-state index contributed by atoms with van der Waals surface area (Å²) in [7, 11) is 0. The molecule has 0 saturated carbocycles. The zero-order valence-corrected chi connectivity index (χ0v) is 14.2. The van der Waals surface area contributed by atoms with E-state index >= 15 is 0 Å². The molecule has 1 aliphatic heterocycles. The molecule has 1 heterocycles. The van der Waals surface area contributed by atoms with Crippen LogP contribution in [-0.2, 0) is 6.42 Å². The fourth-order valence-corrected chi connectivity index (χ4v) is 3.19. The number of hydrogen-bond acceptors (Lipinski definition) is 2. The first-order valence-corrected chi connectivity index (χ1v) is 8.56. The van der Waals surface area contributed by atoms with Gasteiger partial charge in [0.15, 0.2) is 0 Å². The van der Waals surface area contributed by atoms with Crippen LogP contribution in [0.4, 0.5) is 0 Å². The lowest BCUT2D eigenvalue weighted by Gasteiger charge is -2.48. The van der Waals surface area contributed by atoms with Crippen molar-refractivity contribution in [2.75, 3.05) is 19.6 Å². The van der Waals surface area contributed by atoms with Crippen LogP contribution in [0.2, 0.25) is 0 Å². The average Bonchev–Trinajstić information content (AvgIpc) is 2.49. The summed E-state index contributed by atoms with van der Waals surface area (Å²) in [5, 5.41) is 3.79. The van der Waals surface area contributed by atoms with Gasteiger partial charge >= 0.3 is 0 Å². The highest BCUT2D eigenvalue weighted by atomic mass is 15.3. The number of nitrogens with zero attached hydrogens (tertiary/aromatic N) is 1. The van der Waals surface area contributed by atoms with E-state index in [0.717, 1.165) is 18.9 Å². The number of hydrogen-bond donors (Lipinski definition) is 1. The Morgan fingerprint density at radius 3 is 2.62 bits per heavy atom. The summed E-state index contributed by atoms with van der Waals surface area (Å²) in [6.07, 6.45) is 3.66. The first kappa shape index (κ1) is 16.5. The predicted octanol–water partition coefficient (Wildman–Crippen LogP) is 3.72. The monoisotopic (exact) mass is 288 g/mol. The van der Waals surface area contributed by atoms with Crippen molar-refractivity contribution in [2.45, 2.75) is 58.5 Å². The molecule has 0 aromatic heterocycles. The van der Waals surface area contributed by atoms with Crippen LogP contribution in [0.3, 0.4) is 0 Å². The van der Waals surface area contributed by atoms with E-state index in [1.165, 1.54) is 31.5 Å². The normalized spacial score (nSPS) is 27.2. The Hall–Kier alpha value is -0.860. The van der Waals surface area contributed by atoms with Gasteiger partial charge in [0.2, 0.25) is 0 Å². The second-order valence-electron chi connectivity index (χ2n) is 7.25. The Kier molecular flexibility index (Phi) is 5.83. The lowest BCUT2D eigenvalue weighted by atomic mass is 9.90. The molecular formula is C19H32N2. The first-order chi connectivity index (χ1) is 10.0. The molecule has 1 aromatic carbocycles. The molecule has 1 fully saturated rings. The van der Waals surface area contributed by atoms with Crippen LogP contribution in [-0.4, -0.2) is 36.1 Å². The van der Waals surface area contributed by atoms with Gasteiger partial charge in [-0.3, -0.25) is 4.90 Å². The molecule has 1 aliphatic rings. The summed E-state index contributed by atoms with van der Waals surface area (Å²) in [5.41, 5.74) is 1.76. The largest absolute Gasteiger partial charge is 0.311 e. The lowest BCUT2D eigenvalue weighted by Crippen LogP contribution is -2.63. The van der Waals surface area contributed by atoms with E-state index in [2.05, 4.69) is 68.2 Å². The smallest absolute Gasteiger partial charge is 0.0303 e. The van der Waals surface area contributed by atoms with Gasteiger partial charge in [0.05, 0.1) is 0 Å². The molecule has 21 heavy (non-hydrogen) atoms. The molecule has 0 spiro atoms. The third kappa shape index (κ3) is 4.55. The van der Waals surface area contributed by atoms with Crippen LogP contribution in [0.5, 0.6) is 0 Å². The molecule has 2 heteroatoms.